The zero-order chi connectivity index (χ0) is 36.7. The van der Waals surface area contributed by atoms with Crippen LogP contribution in [0.15, 0.2) is 0 Å². The molecule has 0 aliphatic carbocycles. The maximum Gasteiger partial charge on any atom is 0.407 e. The molecule has 2 amide bonds. The maximum absolute atomic E-state index is 12.1. The van der Waals surface area contributed by atoms with Gasteiger partial charge in [-0.2, -0.15) is 0 Å². The molecule has 1 fully saturated rings. The number of hydrogen-bond donors (Lipinski definition) is 2. The van der Waals surface area contributed by atoms with Gasteiger partial charge in [-0.15, -0.1) is 0 Å². The molecule has 1 rings (SSSR count). The number of nitrogens with one attached hydrogen (secondary N) is 2. The van der Waals surface area contributed by atoms with Crippen LogP contribution in [0.25, 0.3) is 0 Å². The summed E-state index contributed by atoms with van der Waals surface area (Å²) in [4.78, 5) is 24.2. The molecule has 7 heteroatoms. The molecular weight excluding hydrogens is 636 g/mol. The van der Waals surface area contributed by atoms with Gasteiger partial charge in [-0.3, -0.25) is 0 Å². The van der Waals surface area contributed by atoms with E-state index in [0.29, 0.717) is 13.1 Å². The molecule has 0 radical (unpaired) electrons. The largest absolute Gasteiger partial charge is 0.447 e. The number of hydrogen-bond acceptors (Lipinski definition) is 5. The number of unbranched alkanes of at least 4 members (excludes halogenated alkanes) is 30. The second kappa shape index (κ2) is 38.2. The van der Waals surface area contributed by atoms with Gasteiger partial charge in [0.2, 0.25) is 0 Å². The van der Waals surface area contributed by atoms with E-state index in [1.54, 1.807) is 0 Å². The predicted molar refractivity (Wildman–Crippen MR) is 216 cm³/mol. The molecule has 2 atom stereocenters. The minimum Gasteiger partial charge on any atom is -0.447 e. The van der Waals surface area contributed by atoms with Crippen molar-refractivity contribution >= 4 is 12.2 Å². The molecule has 1 saturated heterocycles. The molecular formula is C44H86N2O5. The minimum atomic E-state index is -0.368. The molecule has 1 aliphatic rings. The molecule has 51 heavy (non-hydrogen) atoms. The van der Waals surface area contributed by atoms with Crippen molar-refractivity contribution in [2.75, 3.05) is 26.3 Å². The van der Waals surface area contributed by atoms with Crippen LogP contribution in [-0.4, -0.2) is 50.7 Å². The molecule has 7 nitrogen and oxygen atoms in total. The zero-order valence-corrected chi connectivity index (χ0v) is 34.1. The summed E-state index contributed by atoms with van der Waals surface area (Å²) in [5.41, 5.74) is 0. The van der Waals surface area contributed by atoms with Crippen molar-refractivity contribution in [3.8, 4) is 0 Å². The lowest BCUT2D eigenvalue weighted by atomic mass is 10.0. The van der Waals surface area contributed by atoms with E-state index in [-0.39, 0.29) is 37.6 Å². The molecule has 0 aromatic carbocycles. The van der Waals surface area contributed by atoms with Crippen molar-refractivity contribution in [1.82, 2.24) is 10.6 Å². The third-order valence-electron chi connectivity index (χ3n) is 10.6. The van der Waals surface area contributed by atoms with Crippen LogP contribution < -0.4 is 10.6 Å². The fourth-order valence-electron chi connectivity index (χ4n) is 7.19. The topological polar surface area (TPSA) is 85.9 Å². The first-order chi connectivity index (χ1) is 25.2. The van der Waals surface area contributed by atoms with Gasteiger partial charge in [0.1, 0.15) is 13.2 Å². The molecule has 0 bridgehead atoms. The van der Waals surface area contributed by atoms with E-state index < -0.39 is 0 Å². The Kier molecular flexibility index (Phi) is 35.6. The molecule has 0 saturated carbocycles. The quantitative estimate of drug-likeness (QED) is 0.0620. The average molecular weight is 723 g/mol. The number of ether oxygens (including phenoxy) is 3. The van der Waals surface area contributed by atoms with E-state index in [1.807, 2.05) is 0 Å². The summed E-state index contributed by atoms with van der Waals surface area (Å²) in [5.74, 6) is 0. The molecule has 302 valence electrons. The summed E-state index contributed by atoms with van der Waals surface area (Å²) in [5, 5.41) is 5.74. The van der Waals surface area contributed by atoms with E-state index in [9.17, 15) is 9.59 Å². The number of rotatable bonds is 38. The van der Waals surface area contributed by atoms with Gasteiger partial charge in [0, 0.05) is 13.1 Å². The van der Waals surface area contributed by atoms with E-state index in [4.69, 9.17) is 14.2 Å². The van der Waals surface area contributed by atoms with E-state index in [1.165, 1.54) is 180 Å². The Morgan fingerprint density at radius 3 is 0.902 bits per heavy atom. The highest BCUT2D eigenvalue weighted by molar-refractivity contribution is 5.67. The Morgan fingerprint density at radius 2 is 0.647 bits per heavy atom. The predicted octanol–water partition coefficient (Wildman–Crippen LogP) is 13.5. The highest BCUT2D eigenvalue weighted by atomic mass is 16.6. The Balaban J connectivity index is 1.81. The first kappa shape index (κ1) is 47.5. The second-order valence-electron chi connectivity index (χ2n) is 15.6. The first-order valence-electron chi connectivity index (χ1n) is 22.6. The van der Waals surface area contributed by atoms with Crippen molar-refractivity contribution in [3.05, 3.63) is 0 Å². The van der Waals surface area contributed by atoms with Crippen LogP contribution in [0.5, 0.6) is 0 Å². The van der Waals surface area contributed by atoms with E-state index in [2.05, 4.69) is 24.5 Å². The number of amides is 2. The second-order valence-corrected chi connectivity index (χ2v) is 15.6. The average Bonchev–Trinajstić information content (AvgIpc) is 3.60. The van der Waals surface area contributed by atoms with Crippen molar-refractivity contribution in [1.29, 1.82) is 0 Å². The Hall–Kier alpha value is -1.50. The Morgan fingerprint density at radius 1 is 0.412 bits per heavy atom. The zero-order valence-electron chi connectivity index (χ0n) is 34.1. The van der Waals surface area contributed by atoms with Gasteiger partial charge in [-0.1, -0.05) is 206 Å². The van der Waals surface area contributed by atoms with Crippen LogP contribution in [0.3, 0.4) is 0 Å². The fourth-order valence-corrected chi connectivity index (χ4v) is 7.19. The summed E-state index contributed by atoms with van der Waals surface area (Å²) < 4.78 is 16.7. The molecule has 1 heterocycles. The monoisotopic (exact) mass is 723 g/mol. The van der Waals surface area contributed by atoms with Gasteiger partial charge >= 0.3 is 12.2 Å². The third kappa shape index (κ3) is 34.0. The Labute approximate surface area is 316 Å². The smallest absolute Gasteiger partial charge is 0.407 e. The lowest BCUT2D eigenvalue weighted by Gasteiger charge is -2.15. The number of carbonyl (C=O) groups excluding carboxylic acids is 2. The van der Waals surface area contributed by atoms with Gasteiger partial charge in [0.25, 0.3) is 0 Å². The van der Waals surface area contributed by atoms with Crippen molar-refractivity contribution < 1.29 is 23.8 Å². The Bertz CT molecular complexity index is 691. The van der Waals surface area contributed by atoms with Gasteiger partial charge in [-0.25, -0.2) is 9.59 Å². The van der Waals surface area contributed by atoms with Crippen LogP contribution >= 0.6 is 0 Å². The normalized spacial score (nSPS) is 15.6. The fraction of sp³-hybridized carbons (Fsp3) is 0.955. The summed E-state index contributed by atoms with van der Waals surface area (Å²) in [6.45, 7) is 6.37. The molecule has 0 spiro atoms. The lowest BCUT2D eigenvalue weighted by Crippen LogP contribution is -2.30. The van der Waals surface area contributed by atoms with Crippen molar-refractivity contribution in [2.45, 2.75) is 244 Å². The van der Waals surface area contributed by atoms with Gasteiger partial charge in [0.05, 0.1) is 12.2 Å². The highest BCUT2D eigenvalue weighted by Gasteiger charge is 2.27. The molecule has 0 aromatic rings. The van der Waals surface area contributed by atoms with Gasteiger partial charge < -0.3 is 24.8 Å². The highest BCUT2D eigenvalue weighted by Crippen LogP contribution is 2.20. The third-order valence-corrected chi connectivity index (χ3v) is 10.6. The first-order valence-corrected chi connectivity index (χ1v) is 22.6. The van der Waals surface area contributed by atoms with Crippen LogP contribution in [0.1, 0.15) is 232 Å². The number of carbonyl (C=O) groups is 2. The lowest BCUT2D eigenvalue weighted by molar-refractivity contribution is -0.0197. The summed E-state index contributed by atoms with van der Waals surface area (Å²) in [7, 11) is 0. The van der Waals surface area contributed by atoms with E-state index in [0.717, 1.165) is 38.5 Å². The number of alkyl carbamates (subject to hydrolysis) is 2. The van der Waals surface area contributed by atoms with Gasteiger partial charge in [0.15, 0.2) is 0 Å². The van der Waals surface area contributed by atoms with E-state index >= 15 is 0 Å². The molecule has 2 N–H and O–H groups in total. The molecule has 0 aromatic heterocycles. The maximum atomic E-state index is 12.1. The SMILES string of the molecule is CCCCCCCCCCCCCCCCCCNC(=O)OC[C@H]1CC[C@H](COC(=O)NCCCCCCCCCCCCCCCCCC)O1. The van der Waals surface area contributed by atoms with Gasteiger partial charge in [-0.05, 0) is 25.7 Å². The van der Waals surface area contributed by atoms with Crippen molar-refractivity contribution in [2.24, 2.45) is 0 Å². The minimum absolute atomic E-state index is 0.131. The molecule has 1 aliphatic heterocycles. The van der Waals surface area contributed by atoms with Crippen LogP contribution in [0.2, 0.25) is 0 Å². The summed E-state index contributed by atoms with van der Waals surface area (Å²) >= 11 is 0. The standard InChI is InChI=1S/C44H86N2O5/c1-3-5-7-9-11-13-15-17-19-21-23-25-27-29-31-33-37-45-43(47)49-39-41-35-36-42(51-41)40-50-44(48)46-38-34-32-30-28-26-24-22-20-18-16-14-12-10-8-6-4-2/h41-42H,3-40H2,1-2H3,(H,45,47)(H,46,48)/t41-,42-/m1/s1. The summed E-state index contributed by atoms with van der Waals surface area (Å²) in [6, 6.07) is 0. The van der Waals surface area contributed by atoms with Crippen LogP contribution in [-0.2, 0) is 14.2 Å². The summed E-state index contributed by atoms with van der Waals surface area (Å²) in [6.07, 6.45) is 43.5. The molecule has 0 unspecified atom stereocenters. The van der Waals surface area contributed by atoms with Crippen molar-refractivity contribution in [3.63, 3.8) is 0 Å². The van der Waals surface area contributed by atoms with Crippen LogP contribution in [0, 0.1) is 0 Å². The van der Waals surface area contributed by atoms with Crippen LogP contribution in [0.4, 0.5) is 9.59 Å².